The van der Waals surface area contributed by atoms with Crippen molar-refractivity contribution in [3.8, 4) is 5.75 Å². The molecule has 0 spiro atoms. The second kappa shape index (κ2) is 11.1. The molecular weight excluding hydrogens is 393 g/mol. The minimum atomic E-state index is -2.34. The zero-order valence-corrected chi connectivity index (χ0v) is 17.8. The lowest BCUT2D eigenvalue weighted by Gasteiger charge is -2.37. The van der Waals surface area contributed by atoms with E-state index in [4.69, 9.17) is 17.1 Å². The van der Waals surface area contributed by atoms with E-state index in [2.05, 4.69) is 5.32 Å². The lowest BCUT2D eigenvalue weighted by molar-refractivity contribution is 0.127. The molecule has 1 N–H and O–H groups in total. The van der Waals surface area contributed by atoms with Crippen molar-refractivity contribution in [2.75, 3.05) is 26.7 Å². The molecule has 3 rings (SSSR count). The molecule has 0 saturated carbocycles. The third-order valence-electron chi connectivity index (χ3n) is 4.89. The highest BCUT2D eigenvalue weighted by Gasteiger charge is 2.27. The molecule has 2 aromatic carbocycles. The molecule has 1 aliphatic heterocycles. The third kappa shape index (κ3) is 7.24. The van der Waals surface area contributed by atoms with Crippen LogP contribution in [0.2, 0.25) is 0 Å². The number of hydrogen-bond acceptors (Lipinski definition) is 3. The number of likely N-dealkylation sites (tertiary alicyclic amines) is 1. The number of rotatable bonds is 8. The van der Waals surface area contributed by atoms with E-state index >= 15 is 0 Å². The molecule has 2 amide bonds. The summed E-state index contributed by atoms with van der Waals surface area (Å²) >= 11 is 0. The minimum Gasteiger partial charge on any atom is -0.493 e. The smallest absolute Gasteiger partial charge is 0.318 e. The van der Waals surface area contributed by atoms with Crippen LogP contribution in [-0.2, 0) is 13.0 Å². The summed E-state index contributed by atoms with van der Waals surface area (Å²) in [6, 6.07) is 1.63. The highest BCUT2D eigenvalue weighted by Crippen LogP contribution is 2.19. The first-order chi connectivity index (χ1) is 18.5. The first-order valence-corrected chi connectivity index (χ1v) is 10.3. The van der Waals surface area contributed by atoms with Gasteiger partial charge in [0.15, 0.2) is 0 Å². The van der Waals surface area contributed by atoms with Gasteiger partial charge in [0, 0.05) is 23.2 Å². The van der Waals surface area contributed by atoms with Crippen LogP contribution in [0.3, 0.4) is 0 Å². The topological polar surface area (TPSA) is 44.8 Å². The summed E-state index contributed by atoms with van der Waals surface area (Å²) in [4.78, 5) is 16.0. The van der Waals surface area contributed by atoms with Gasteiger partial charge in [-0.1, -0.05) is 38.1 Å². The SMILES string of the molecule is [2H]c1c([2H])c(CN(C(=O)NC([2H])([2H])c2ccc(OCC(C)C)cc2)C2CCN(C([2H])([2H])[2H])CC2)c([2H])c([2H])c1F. The van der Waals surface area contributed by atoms with Crippen LogP contribution in [0.15, 0.2) is 48.4 Å². The molecule has 0 aliphatic carbocycles. The van der Waals surface area contributed by atoms with Crippen molar-refractivity contribution in [2.24, 2.45) is 5.92 Å². The van der Waals surface area contributed by atoms with E-state index in [9.17, 15) is 9.18 Å². The van der Waals surface area contributed by atoms with E-state index in [1.165, 1.54) is 21.9 Å². The molecule has 1 saturated heterocycles. The predicted molar refractivity (Wildman–Crippen MR) is 121 cm³/mol. The fourth-order valence-corrected chi connectivity index (χ4v) is 3.21. The standard InChI is InChI=1S/C25H34FN3O2/c1-19(2)18-31-24-10-6-20(7-11-24)16-27-25(30)29(23-12-14-28(3)15-13-23)17-21-4-8-22(26)9-5-21/h4-11,19,23H,12-18H2,1-3H3,(H,27,30)/i3D3,4D,5D,8D,9D,16D2. The van der Waals surface area contributed by atoms with Crippen molar-refractivity contribution in [3.63, 3.8) is 0 Å². The summed E-state index contributed by atoms with van der Waals surface area (Å²) in [5.41, 5.74) is -0.0852. The molecule has 0 aromatic heterocycles. The van der Waals surface area contributed by atoms with Crippen molar-refractivity contribution < 1.29 is 26.3 Å². The number of nitrogens with zero attached hydrogens (tertiary/aromatic N) is 2. The molecule has 0 bridgehead atoms. The van der Waals surface area contributed by atoms with Crippen LogP contribution in [0.25, 0.3) is 0 Å². The monoisotopic (exact) mass is 436 g/mol. The Morgan fingerprint density at radius 1 is 1.26 bits per heavy atom. The van der Waals surface area contributed by atoms with Gasteiger partial charge in [-0.3, -0.25) is 0 Å². The average Bonchev–Trinajstić information content (AvgIpc) is 2.89. The second-order valence-corrected chi connectivity index (χ2v) is 7.92. The molecule has 31 heavy (non-hydrogen) atoms. The fourth-order valence-electron chi connectivity index (χ4n) is 3.21. The van der Waals surface area contributed by atoms with E-state index in [-0.39, 0.29) is 37.1 Å². The number of piperidine rings is 1. The summed E-state index contributed by atoms with van der Waals surface area (Å²) < 4.78 is 91.7. The van der Waals surface area contributed by atoms with Gasteiger partial charge in [0.25, 0.3) is 0 Å². The number of nitrogens with one attached hydrogen (secondary N) is 1. The number of amides is 2. The van der Waals surface area contributed by atoms with Gasteiger partial charge in [-0.15, -0.1) is 0 Å². The van der Waals surface area contributed by atoms with Gasteiger partial charge in [-0.05, 0) is 74.2 Å². The Morgan fingerprint density at radius 3 is 2.55 bits per heavy atom. The van der Waals surface area contributed by atoms with Crippen molar-refractivity contribution in [1.82, 2.24) is 15.1 Å². The zero-order valence-electron chi connectivity index (χ0n) is 26.8. The first-order valence-electron chi connectivity index (χ1n) is 14.8. The number of halogens is 1. The van der Waals surface area contributed by atoms with Gasteiger partial charge >= 0.3 is 6.03 Å². The molecule has 0 radical (unpaired) electrons. The average molecular weight is 437 g/mol. The van der Waals surface area contributed by atoms with Crippen molar-refractivity contribution in [1.29, 1.82) is 0 Å². The maximum absolute atomic E-state index is 14.1. The Kier molecular flexibility index (Phi) is 4.94. The van der Waals surface area contributed by atoms with Gasteiger partial charge in [-0.25, -0.2) is 9.18 Å². The predicted octanol–water partition coefficient (Wildman–Crippen LogP) is 4.67. The highest BCUT2D eigenvalue weighted by molar-refractivity contribution is 5.74. The molecule has 1 heterocycles. The van der Waals surface area contributed by atoms with Crippen LogP contribution < -0.4 is 10.1 Å². The number of urea groups is 1. The van der Waals surface area contributed by atoms with Gasteiger partial charge in [0.2, 0.25) is 0 Å². The summed E-state index contributed by atoms with van der Waals surface area (Å²) in [5.74, 6) is -0.463. The quantitative estimate of drug-likeness (QED) is 0.654. The summed E-state index contributed by atoms with van der Waals surface area (Å²) in [6.07, 6.45) is 0.417. The first kappa shape index (κ1) is 13.7. The van der Waals surface area contributed by atoms with Crippen molar-refractivity contribution in [3.05, 3.63) is 65.4 Å². The molecule has 6 heteroatoms. The molecule has 2 aromatic rings. The van der Waals surface area contributed by atoms with E-state index in [1.54, 1.807) is 12.1 Å². The van der Waals surface area contributed by atoms with E-state index < -0.39 is 62.1 Å². The maximum atomic E-state index is 14.1. The second-order valence-electron chi connectivity index (χ2n) is 7.92. The van der Waals surface area contributed by atoms with Crippen molar-refractivity contribution in [2.45, 2.75) is 45.8 Å². The Bertz CT molecular complexity index is 1170. The van der Waals surface area contributed by atoms with Crippen LogP contribution in [0.1, 0.15) is 50.2 Å². The number of ether oxygens (including phenoxy) is 1. The number of hydrogen-bond donors (Lipinski definition) is 1. The van der Waals surface area contributed by atoms with E-state index in [0.717, 1.165) is 0 Å². The number of carbonyl (C=O) groups is 1. The molecule has 168 valence electrons. The molecule has 1 fully saturated rings. The van der Waals surface area contributed by atoms with Crippen LogP contribution in [-0.4, -0.2) is 48.5 Å². The normalized spacial score (nSPS) is 20.2. The lowest BCUT2D eigenvalue weighted by Crippen LogP contribution is -2.49. The fraction of sp³-hybridized carbons (Fsp3) is 0.480. The molecule has 5 nitrogen and oxygen atoms in total. The van der Waals surface area contributed by atoms with Gasteiger partial charge in [0.05, 0.1) is 14.8 Å². The van der Waals surface area contributed by atoms with Crippen LogP contribution in [0.4, 0.5) is 9.18 Å². The third-order valence-corrected chi connectivity index (χ3v) is 4.89. The largest absolute Gasteiger partial charge is 0.493 e. The van der Waals surface area contributed by atoms with E-state index in [1.807, 2.05) is 13.8 Å². The lowest BCUT2D eigenvalue weighted by atomic mass is 10.0. The number of carbonyl (C=O) groups excluding carboxylic acids is 1. The van der Waals surface area contributed by atoms with Crippen LogP contribution in [0, 0.1) is 11.7 Å². The van der Waals surface area contributed by atoms with E-state index in [0.29, 0.717) is 18.3 Å². The van der Waals surface area contributed by atoms with Crippen LogP contribution in [0.5, 0.6) is 5.75 Å². The molecule has 0 unspecified atom stereocenters. The Balaban J connectivity index is 1.88. The Morgan fingerprint density at radius 2 is 1.94 bits per heavy atom. The number of benzene rings is 2. The summed E-state index contributed by atoms with van der Waals surface area (Å²) in [5, 5.41) is 2.35. The Hall–Kier alpha value is -2.60. The maximum Gasteiger partial charge on any atom is 0.318 e. The summed E-state index contributed by atoms with van der Waals surface area (Å²) in [7, 11) is 0. The minimum absolute atomic E-state index is 0.119. The van der Waals surface area contributed by atoms with Gasteiger partial charge in [0.1, 0.15) is 11.6 Å². The molecule has 0 atom stereocenters. The highest BCUT2D eigenvalue weighted by atomic mass is 19.1. The zero-order chi connectivity index (χ0) is 30.0. The molecule has 1 aliphatic rings. The Labute approximate surface area is 197 Å². The van der Waals surface area contributed by atoms with Crippen LogP contribution >= 0.6 is 0 Å². The molecular formula is C25H34FN3O2. The van der Waals surface area contributed by atoms with Crippen molar-refractivity contribution >= 4 is 6.03 Å². The van der Waals surface area contributed by atoms with Gasteiger partial charge < -0.3 is 19.9 Å². The van der Waals surface area contributed by atoms with Gasteiger partial charge in [-0.2, -0.15) is 0 Å². The summed E-state index contributed by atoms with van der Waals surface area (Å²) in [6.45, 7) is -0.409.